The fourth-order valence-electron chi connectivity index (χ4n) is 1.74. The van der Waals surface area contributed by atoms with Gasteiger partial charge in [-0.3, -0.25) is 4.79 Å². The monoisotopic (exact) mass is 278 g/mol. The molecule has 0 heterocycles. The third kappa shape index (κ3) is 5.21. The van der Waals surface area contributed by atoms with Gasteiger partial charge < -0.3 is 15.0 Å². The lowest BCUT2D eigenvalue weighted by molar-refractivity contribution is -0.128. The standard InChI is InChI=1S/C16H26N2O2/c1-5-11-20-15-9-7-14(8-10-15)13(3)17-12-16(19)18(4)6-2/h7-10,13,17H,5-6,11-12H2,1-4H3. The molecule has 4 nitrogen and oxygen atoms in total. The van der Waals surface area contributed by atoms with E-state index in [1.807, 2.05) is 38.2 Å². The summed E-state index contributed by atoms with van der Waals surface area (Å²) >= 11 is 0. The predicted molar refractivity (Wildman–Crippen MR) is 82.0 cm³/mol. The van der Waals surface area contributed by atoms with Crippen LogP contribution in [0.1, 0.15) is 38.8 Å². The van der Waals surface area contributed by atoms with Gasteiger partial charge in [-0.05, 0) is 38.0 Å². The third-order valence-electron chi connectivity index (χ3n) is 3.31. The highest BCUT2D eigenvalue weighted by molar-refractivity contribution is 5.77. The summed E-state index contributed by atoms with van der Waals surface area (Å²) in [7, 11) is 1.81. The number of amides is 1. The number of rotatable bonds is 8. The fraction of sp³-hybridized carbons (Fsp3) is 0.562. The largest absolute Gasteiger partial charge is 0.494 e. The van der Waals surface area contributed by atoms with Crippen LogP contribution in [0, 0.1) is 0 Å². The van der Waals surface area contributed by atoms with Crippen molar-refractivity contribution in [3.8, 4) is 5.75 Å². The maximum absolute atomic E-state index is 11.7. The predicted octanol–water partition coefficient (Wildman–Crippen LogP) is 2.60. The number of nitrogens with one attached hydrogen (secondary N) is 1. The van der Waals surface area contributed by atoms with Crippen LogP contribution in [0.4, 0.5) is 0 Å². The Morgan fingerprint density at radius 1 is 1.30 bits per heavy atom. The molecule has 0 saturated heterocycles. The third-order valence-corrected chi connectivity index (χ3v) is 3.31. The molecule has 4 heteroatoms. The van der Waals surface area contributed by atoms with Crippen LogP contribution in [-0.2, 0) is 4.79 Å². The molecule has 0 aliphatic heterocycles. The number of hydrogen-bond acceptors (Lipinski definition) is 3. The maximum Gasteiger partial charge on any atom is 0.236 e. The van der Waals surface area contributed by atoms with E-state index in [1.54, 1.807) is 4.90 Å². The van der Waals surface area contributed by atoms with Crippen molar-refractivity contribution in [1.82, 2.24) is 10.2 Å². The first-order valence-electron chi connectivity index (χ1n) is 7.28. The normalized spacial score (nSPS) is 12.0. The number of nitrogens with zero attached hydrogens (tertiary/aromatic N) is 1. The molecule has 0 aliphatic rings. The van der Waals surface area contributed by atoms with Crippen LogP contribution < -0.4 is 10.1 Å². The summed E-state index contributed by atoms with van der Waals surface area (Å²) in [5, 5.41) is 3.24. The van der Waals surface area contributed by atoms with Gasteiger partial charge >= 0.3 is 0 Å². The smallest absolute Gasteiger partial charge is 0.236 e. The van der Waals surface area contributed by atoms with Crippen molar-refractivity contribution in [2.45, 2.75) is 33.2 Å². The molecule has 1 aromatic rings. The molecule has 0 saturated carbocycles. The summed E-state index contributed by atoms with van der Waals surface area (Å²) in [4.78, 5) is 13.4. The molecular weight excluding hydrogens is 252 g/mol. The minimum Gasteiger partial charge on any atom is -0.494 e. The van der Waals surface area contributed by atoms with E-state index in [2.05, 4.69) is 19.2 Å². The van der Waals surface area contributed by atoms with Crippen molar-refractivity contribution < 1.29 is 9.53 Å². The summed E-state index contributed by atoms with van der Waals surface area (Å²) in [6.07, 6.45) is 1.01. The van der Waals surface area contributed by atoms with Gasteiger partial charge in [0.1, 0.15) is 5.75 Å². The lowest BCUT2D eigenvalue weighted by Gasteiger charge is -2.18. The highest BCUT2D eigenvalue weighted by atomic mass is 16.5. The Morgan fingerprint density at radius 2 is 1.95 bits per heavy atom. The van der Waals surface area contributed by atoms with E-state index in [0.29, 0.717) is 6.54 Å². The molecule has 0 bridgehead atoms. The van der Waals surface area contributed by atoms with Crippen LogP contribution in [0.3, 0.4) is 0 Å². The van der Waals surface area contributed by atoms with E-state index in [9.17, 15) is 4.79 Å². The van der Waals surface area contributed by atoms with Crippen LogP contribution in [0.15, 0.2) is 24.3 Å². The van der Waals surface area contributed by atoms with Gasteiger partial charge in [0.25, 0.3) is 0 Å². The van der Waals surface area contributed by atoms with Crippen molar-refractivity contribution >= 4 is 5.91 Å². The maximum atomic E-state index is 11.7. The first-order valence-corrected chi connectivity index (χ1v) is 7.28. The summed E-state index contributed by atoms with van der Waals surface area (Å²) in [6, 6.07) is 8.17. The average molecular weight is 278 g/mol. The van der Waals surface area contributed by atoms with Gasteiger partial charge in [0.05, 0.1) is 13.2 Å². The van der Waals surface area contributed by atoms with Crippen molar-refractivity contribution in [3.63, 3.8) is 0 Å². The van der Waals surface area contributed by atoms with E-state index in [4.69, 9.17) is 4.74 Å². The molecule has 0 spiro atoms. The molecule has 0 radical (unpaired) electrons. The highest BCUT2D eigenvalue weighted by Gasteiger charge is 2.10. The van der Waals surface area contributed by atoms with Gasteiger partial charge in [-0.1, -0.05) is 19.1 Å². The zero-order valence-corrected chi connectivity index (χ0v) is 13.0. The topological polar surface area (TPSA) is 41.6 Å². The number of benzene rings is 1. The summed E-state index contributed by atoms with van der Waals surface area (Å²) in [6.45, 7) is 7.95. The Morgan fingerprint density at radius 3 is 2.50 bits per heavy atom. The molecule has 1 unspecified atom stereocenters. The summed E-state index contributed by atoms with van der Waals surface area (Å²) < 4.78 is 5.55. The lowest BCUT2D eigenvalue weighted by Crippen LogP contribution is -2.36. The highest BCUT2D eigenvalue weighted by Crippen LogP contribution is 2.17. The van der Waals surface area contributed by atoms with E-state index in [1.165, 1.54) is 0 Å². The lowest BCUT2D eigenvalue weighted by atomic mass is 10.1. The Bertz CT molecular complexity index is 403. The molecule has 1 amide bonds. The molecule has 0 fully saturated rings. The van der Waals surface area contributed by atoms with E-state index < -0.39 is 0 Å². The van der Waals surface area contributed by atoms with Gasteiger partial charge in [-0.2, -0.15) is 0 Å². The zero-order valence-electron chi connectivity index (χ0n) is 13.0. The Kier molecular flexibility index (Phi) is 7.09. The van der Waals surface area contributed by atoms with Crippen molar-refractivity contribution in [1.29, 1.82) is 0 Å². The fourth-order valence-corrected chi connectivity index (χ4v) is 1.74. The second-order valence-corrected chi connectivity index (χ2v) is 4.93. The van der Waals surface area contributed by atoms with Gasteiger partial charge in [0.15, 0.2) is 0 Å². The van der Waals surface area contributed by atoms with E-state index in [0.717, 1.165) is 30.9 Å². The first kappa shape index (κ1) is 16.5. The van der Waals surface area contributed by atoms with Crippen molar-refractivity contribution in [3.05, 3.63) is 29.8 Å². The number of carbonyl (C=O) groups is 1. The van der Waals surface area contributed by atoms with Crippen LogP contribution in [0.25, 0.3) is 0 Å². The average Bonchev–Trinajstić information content (AvgIpc) is 2.49. The summed E-state index contributed by atoms with van der Waals surface area (Å²) in [5.74, 6) is 1.01. The molecule has 20 heavy (non-hydrogen) atoms. The second-order valence-electron chi connectivity index (χ2n) is 4.93. The molecule has 112 valence electrons. The molecule has 0 aliphatic carbocycles. The SMILES string of the molecule is CCCOc1ccc(C(C)NCC(=O)N(C)CC)cc1. The Labute approximate surface area is 122 Å². The van der Waals surface area contributed by atoms with Crippen molar-refractivity contribution in [2.24, 2.45) is 0 Å². The molecule has 1 rings (SSSR count). The summed E-state index contributed by atoms with van der Waals surface area (Å²) in [5.41, 5.74) is 1.15. The molecular formula is C16H26N2O2. The van der Waals surface area contributed by atoms with Gasteiger partial charge in [0, 0.05) is 19.6 Å². The minimum atomic E-state index is 0.113. The number of hydrogen-bond donors (Lipinski definition) is 1. The Hall–Kier alpha value is -1.55. The molecule has 1 aromatic carbocycles. The Balaban J connectivity index is 2.47. The first-order chi connectivity index (χ1) is 9.58. The number of ether oxygens (including phenoxy) is 1. The van der Waals surface area contributed by atoms with Gasteiger partial charge in [-0.15, -0.1) is 0 Å². The minimum absolute atomic E-state index is 0.113. The zero-order chi connectivity index (χ0) is 15.0. The molecule has 0 aromatic heterocycles. The van der Waals surface area contributed by atoms with E-state index >= 15 is 0 Å². The second kappa shape index (κ2) is 8.59. The van der Waals surface area contributed by atoms with Gasteiger partial charge in [-0.25, -0.2) is 0 Å². The number of likely N-dealkylation sites (N-methyl/N-ethyl adjacent to an activating group) is 1. The van der Waals surface area contributed by atoms with Crippen LogP contribution in [0.5, 0.6) is 5.75 Å². The molecule has 1 atom stereocenters. The van der Waals surface area contributed by atoms with Crippen LogP contribution in [0.2, 0.25) is 0 Å². The van der Waals surface area contributed by atoms with Crippen LogP contribution in [-0.4, -0.2) is 37.6 Å². The quantitative estimate of drug-likeness (QED) is 0.794. The van der Waals surface area contributed by atoms with Crippen LogP contribution >= 0.6 is 0 Å². The number of carbonyl (C=O) groups excluding carboxylic acids is 1. The molecule has 1 N–H and O–H groups in total. The van der Waals surface area contributed by atoms with Gasteiger partial charge in [0.2, 0.25) is 5.91 Å². The van der Waals surface area contributed by atoms with Crippen molar-refractivity contribution in [2.75, 3.05) is 26.7 Å². The van der Waals surface area contributed by atoms with E-state index in [-0.39, 0.29) is 11.9 Å².